The summed E-state index contributed by atoms with van der Waals surface area (Å²) in [5.74, 6) is -8.95. The van der Waals surface area contributed by atoms with E-state index in [4.69, 9.17) is 33.2 Å². The van der Waals surface area contributed by atoms with Crippen molar-refractivity contribution in [3.8, 4) is 0 Å². The van der Waals surface area contributed by atoms with Crippen LogP contribution in [0.2, 0.25) is 0 Å². The fourth-order valence-corrected chi connectivity index (χ4v) is 12.5. The van der Waals surface area contributed by atoms with Crippen molar-refractivity contribution in [1.82, 2.24) is 15.5 Å². The number of aliphatic hydroxyl groups is 17. The number of fused-ring (bicyclic) bond motifs is 2. The molecule has 6 aliphatic rings. The number of amides is 2. The van der Waals surface area contributed by atoms with Crippen LogP contribution >= 0.6 is 0 Å². The zero-order valence-corrected chi connectivity index (χ0v) is 54.7. The number of nitrogens with zero attached hydrogens (tertiary/aromatic N) is 1. The van der Waals surface area contributed by atoms with Gasteiger partial charge in [-0.3, -0.25) is 14.4 Å². The third-order valence-corrected chi connectivity index (χ3v) is 18.4. The van der Waals surface area contributed by atoms with Crippen LogP contribution in [0.4, 0.5) is 0 Å². The maximum atomic E-state index is 14.3. The number of hydrogen-bond donors (Lipinski definition) is 19. The number of rotatable bonds is 13. The molecule has 0 radical (unpaired) electrons. The van der Waals surface area contributed by atoms with E-state index in [0.29, 0.717) is 32.4 Å². The Bertz CT molecular complexity index is 2610. The molecule has 0 aromatic heterocycles. The normalized spacial score (nSPS) is 42.9. The van der Waals surface area contributed by atoms with E-state index in [1.165, 1.54) is 19.1 Å². The van der Waals surface area contributed by atoms with Gasteiger partial charge in [-0.05, 0) is 46.0 Å². The number of allylic oxidation sites excluding steroid dienone is 12. The Morgan fingerprint density at radius 2 is 1.28 bits per heavy atom. The van der Waals surface area contributed by atoms with E-state index in [1.807, 2.05) is 6.92 Å². The van der Waals surface area contributed by atoms with Gasteiger partial charge in [-0.25, -0.2) is 0 Å². The van der Waals surface area contributed by atoms with Crippen molar-refractivity contribution in [2.75, 3.05) is 39.4 Å². The van der Waals surface area contributed by atoms with Crippen molar-refractivity contribution >= 4 is 17.8 Å². The van der Waals surface area contributed by atoms with Crippen LogP contribution in [0, 0.1) is 17.8 Å². The summed E-state index contributed by atoms with van der Waals surface area (Å²) in [5, 5.41) is 194. The number of nitrogens with one attached hydrogen (secondary N) is 2. The summed E-state index contributed by atoms with van der Waals surface area (Å²) >= 11 is 0. The van der Waals surface area contributed by atoms with Crippen LogP contribution in [0.1, 0.15) is 98.3 Å². The molecule has 6 heterocycles. The van der Waals surface area contributed by atoms with Crippen molar-refractivity contribution in [1.29, 1.82) is 0 Å². The molecule has 2 amide bonds. The third-order valence-electron chi connectivity index (χ3n) is 18.4. The maximum Gasteiger partial charge on any atom is 0.308 e. The fourth-order valence-electron chi connectivity index (χ4n) is 12.5. The number of carbonyl (C=O) groups is 3. The minimum atomic E-state index is -2.69. The highest BCUT2D eigenvalue weighted by atomic mass is 16.7. The van der Waals surface area contributed by atoms with Crippen LogP contribution < -0.4 is 10.6 Å². The molecule has 6 rings (SSSR count). The summed E-state index contributed by atoms with van der Waals surface area (Å²) in [6, 6.07) is -1.49. The van der Waals surface area contributed by atoms with Gasteiger partial charge in [0, 0.05) is 63.6 Å². The summed E-state index contributed by atoms with van der Waals surface area (Å²) in [6.07, 6.45) is -12.7. The second kappa shape index (κ2) is 38.4. The molecule has 19 N–H and O–H groups in total. The number of likely N-dealkylation sites (tertiary alicyclic amines) is 1. The van der Waals surface area contributed by atoms with Crippen LogP contribution in [0.25, 0.3) is 0 Å². The molecule has 30 heteroatoms. The molecule has 6 aliphatic heterocycles. The average molecular weight is 1370 g/mol. The van der Waals surface area contributed by atoms with E-state index in [2.05, 4.69) is 10.6 Å². The molecule has 0 aromatic carbocycles. The standard InChI is InChI=1S/C66H105N3O27/c1-36-19-15-13-11-9-7-5-6-8-10-12-14-16-20-43(93-63-57(83)53(55(81)39(4)92-63)68-35-66(89)61(86)60(47(77)34-90-66)95-64-59(85)58(84)56(82)49(33-70)94-64)30-48-52(62(87)67-24-18-26-69-25-17-21-50(69)78)46(76)32-65(88,96-48)31-42(73)28-45(75)44(74)23-22-40(71)27-41(72)29-51(79)91-38(3)37(2)54(36)80/h5-16,19-20,36-49,52-61,63-64,68,70-77,80-86,88-89H,17-18,21-35H2,1-4H3,(H,67,87)/t36-,37?,38-,39+,40+,41+,42-,43-,44+,45+,46-,47+,48?,49+,52?,53-,54+,55+,56+,57-,58-,59+,60+,61-,63?,64?,65+,66+/m0/s1. The minimum absolute atomic E-state index is 0.0244. The van der Waals surface area contributed by atoms with E-state index in [1.54, 1.807) is 91.7 Å². The smallest absolute Gasteiger partial charge is 0.308 e. The lowest BCUT2D eigenvalue weighted by Gasteiger charge is -2.48. The van der Waals surface area contributed by atoms with Crippen molar-refractivity contribution in [3.05, 3.63) is 85.1 Å². The highest BCUT2D eigenvalue weighted by Crippen LogP contribution is 2.39. The third kappa shape index (κ3) is 23.4. The number of cyclic esters (lactones) is 1. The molecule has 0 aliphatic carbocycles. The Morgan fingerprint density at radius 1 is 0.646 bits per heavy atom. The molecule has 96 heavy (non-hydrogen) atoms. The van der Waals surface area contributed by atoms with Crippen molar-refractivity contribution < 1.29 is 134 Å². The van der Waals surface area contributed by atoms with Crippen LogP contribution in [0.15, 0.2) is 85.1 Å². The monoisotopic (exact) mass is 1370 g/mol. The number of hydrogen-bond acceptors (Lipinski definition) is 28. The van der Waals surface area contributed by atoms with Gasteiger partial charge in [0.05, 0.1) is 105 Å². The van der Waals surface area contributed by atoms with E-state index in [-0.39, 0.29) is 37.6 Å². The molecule has 30 nitrogen and oxygen atoms in total. The van der Waals surface area contributed by atoms with Gasteiger partial charge in [0.15, 0.2) is 18.4 Å². The van der Waals surface area contributed by atoms with Gasteiger partial charge < -0.3 is 136 Å². The van der Waals surface area contributed by atoms with Crippen molar-refractivity contribution in [2.24, 2.45) is 17.8 Å². The zero-order chi connectivity index (χ0) is 70.6. The number of ether oxygens (including phenoxy) is 7. The summed E-state index contributed by atoms with van der Waals surface area (Å²) in [6.45, 7) is 5.20. The quantitative estimate of drug-likeness (QED) is 0.0617. The first kappa shape index (κ1) is 80.6. The minimum Gasteiger partial charge on any atom is -0.462 e. The largest absolute Gasteiger partial charge is 0.462 e. The molecule has 5 fully saturated rings. The lowest BCUT2D eigenvalue weighted by atomic mass is 9.82. The van der Waals surface area contributed by atoms with Gasteiger partial charge in [0.25, 0.3) is 0 Å². The summed E-state index contributed by atoms with van der Waals surface area (Å²) in [4.78, 5) is 41.2. The molecule has 0 aromatic rings. The topological polar surface area (TPSA) is 487 Å². The lowest BCUT2D eigenvalue weighted by Crippen LogP contribution is -2.70. The number of esters is 1. The van der Waals surface area contributed by atoms with Gasteiger partial charge >= 0.3 is 5.97 Å². The van der Waals surface area contributed by atoms with Crippen molar-refractivity contribution in [3.63, 3.8) is 0 Å². The molecule has 28 atom stereocenters. The summed E-state index contributed by atoms with van der Waals surface area (Å²) in [7, 11) is 0. The summed E-state index contributed by atoms with van der Waals surface area (Å²) in [5.41, 5.74) is 0. The first-order valence-electron chi connectivity index (χ1n) is 33.1. The van der Waals surface area contributed by atoms with Gasteiger partial charge in [-0.15, -0.1) is 0 Å². The predicted octanol–water partition coefficient (Wildman–Crippen LogP) is -3.99. The van der Waals surface area contributed by atoms with Crippen LogP contribution in [-0.4, -0.2) is 301 Å². The predicted molar refractivity (Wildman–Crippen MR) is 338 cm³/mol. The second-order valence-corrected chi connectivity index (χ2v) is 26.2. The number of aliphatic hydroxyl groups excluding tert-OH is 15. The molecule has 5 unspecified atom stereocenters. The Morgan fingerprint density at radius 3 is 1.92 bits per heavy atom. The second-order valence-electron chi connectivity index (χ2n) is 26.2. The zero-order valence-electron chi connectivity index (χ0n) is 54.7. The van der Waals surface area contributed by atoms with Crippen molar-refractivity contribution in [2.45, 2.75) is 251 Å². The van der Waals surface area contributed by atoms with E-state index >= 15 is 0 Å². The Hall–Kier alpha value is -4.37. The molecular weight excluding hydrogens is 1270 g/mol. The Labute approximate surface area is 558 Å². The van der Waals surface area contributed by atoms with Gasteiger partial charge in [0.1, 0.15) is 54.9 Å². The van der Waals surface area contributed by atoms with E-state index in [9.17, 15) is 101 Å². The SMILES string of the molecule is CC1[C@H](C)OC(=O)C[C@H](O)C[C@H](O)CC[C@@H](O)[C@H](O)C[C@H](O)C[C@]2(O)C[C@H](O)C(C(=O)NCCCN3CCCC3=O)C(C[C@@H](OC3O[C@H](C)[C@@H](O)[C@H](NC[C@@]4(O)OC[C@@H](O)[C@@H](OC5O[C@H](CO)[C@@H](O)[C@H](O)[C@H]5O)[C@@H]4O)[C@@H]3O)C=CC=CC=CC=CC=CC=CC=C[C@H](C)[C@H]1O)O2. The van der Waals surface area contributed by atoms with Gasteiger partial charge in [-0.2, -0.15) is 0 Å². The Balaban J connectivity index is 1.26. The van der Waals surface area contributed by atoms with Crippen LogP contribution in [0.5, 0.6) is 0 Å². The fraction of sp³-hybridized carbons (Fsp3) is 0.742. The van der Waals surface area contributed by atoms with Crippen LogP contribution in [-0.2, 0) is 47.5 Å². The molecule has 0 saturated carbocycles. The highest BCUT2D eigenvalue weighted by molar-refractivity contribution is 5.80. The molecule has 0 spiro atoms. The molecule has 546 valence electrons. The lowest BCUT2D eigenvalue weighted by molar-refractivity contribution is -0.368. The number of carbonyl (C=O) groups excluding carboxylic acids is 3. The van der Waals surface area contributed by atoms with Gasteiger partial charge in [0.2, 0.25) is 17.6 Å². The Kier molecular flexibility index (Phi) is 32.3. The first-order chi connectivity index (χ1) is 45.5. The molecule has 2 bridgehead atoms. The maximum absolute atomic E-state index is 14.3. The average Bonchev–Trinajstić information content (AvgIpc) is 0.821. The molecule has 5 saturated heterocycles. The van der Waals surface area contributed by atoms with E-state index in [0.717, 1.165) is 0 Å². The van der Waals surface area contributed by atoms with Crippen LogP contribution in [0.3, 0.4) is 0 Å². The van der Waals surface area contributed by atoms with Gasteiger partial charge in [-0.1, -0.05) is 98.9 Å². The highest BCUT2D eigenvalue weighted by Gasteiger charge is 2.55. The molecular formula is C66H105N3O27. The first-order valence-corrected chi connectivity index (χ1v) is 33.1. The summed E-state index contributed by atoms with van der Waals surface area (Å²) < 4.78 is 40.8. The van der Waals surface area contributed by atoms with E-state index < -0.39 is 228 Å².